The fourth-order valence-electron chi connectivity index (χ4n) is 5.41. The second-order valence-corrected chi connectivity index (χ2v) is 15.5. The molecule has 0 bridgehead atoms. The van der Waals surface area contributed by atoms with Crippen LogP contribution in [0.25, 0.3) is 11.2 Å². The molecule has 3 aromatic heterocycles. The van der Waals surface area contributed by atoms with Gasteiger partial charge in [-0.25, -0.2) is 14.1 Å². The van der Waals surface area contributed by atoms with Crippen molar-refractivity contribution in [1.29, 1.82) is 0 Å². The van der Waals surface area contributed by atoms with Crippen molar-refractivity contribution in [3.05, 3.63) is 39.8 Å². The highest BCUT2D eigenvalue weighted by Gasteiger charge is 2.47. The molecule has 8 atom stereocenters. The first-order valence-corrected chi connectivity index (χ1v) is 20.0. The number of rotatable bonds is 19. The summed E-state index contributed by atoms with van der Waals surface area (Å²) < 4.78 is 57.9. The van der Waals surface area contributed by atoms with Crippen molar-refractivity contribution in [3.63, 3.8) is 0 Å². The maximum atomic E-state index is 12.4. The van der Waals surface area contributed by atoms with Gasteiger partial charge in [-0.05, 0) is 12.8 Å². The lowest BCUT2D eigenvalue weighted by Crippen LogP contribution is -2.42. The summed E-state index contributed by atoms with van der Waals surface area (Å²) in [5.41, 5.74) is 10.5. The number of nitrogens with zero attached hydrogens (tertiary/aromatic N) is 5. The van der Waals surface area contributed by atoms with Gasteiger partial charge >= 0.3 is 15.6 Å². The van der Waals surface area contributed by atoms with Crippen molar-refractivity contribution < 1.29 is 56.7 Å². The second-order valence-electron chi connectivity index (χ2n) is 11.4. The number of anilines is 4. The van der Waals surface area contributed by atoms with E-state index >= 15 is 0 Å². The Labute approximate surface area is 304 Å². The molecule has 27 heteroatoms. The Kier molecular flexibility index (Phi) is 13.4. The first kappa shape index (κ1) is 40.8. The number of hydrogen-bond acceptors (Lipinski definition) is 20. The van der Waals surface area contributed by atoms with Gasteiger partial charge in [0.05, 0.1) is 38.9 Å². The van der Waals surface area contributed by atoms with Crippen molar-refractivity contribution in [2.75, 3.05) is 66.7 Å². The molecule has 0 amide bonds. The van der Waals surface area contributed by atoms with Crippen LogP contribution in [0.4, 0.5) is 23.4 Å². The molecule has 53 heavy (non-hydrogen) atoms. The molecule has 2 unspecified atom stereocenters. The molecule has 5 rings (SSSR count). The number of fused-ring (bicyclic) bond motifs is 1. The molecule has 5 heterocycles. The largest absolute Gasteiger partial charge is 0.472 e. The molecule has 2 aliphatic rings. The number of phosphoric ester groups is 2. The molecule has 24 nitrogen and oxygen atoms in total. The molecule has 0 spiro atoms. The fourth-order valence-corrected chi connectivity index (χ4v) is 7.75. The first-order valence-electron chi connectivity index (χ1n) is 15.8. The summed E-state index contributed by atoms with van der Waals surface area (Å²) in [4.78, 5) is 62.5. The number of ether oxygens (including phenoxy) is 2. The van der Waals surface area contributed by atoms with Crippen LogP contribution in [-0.4, -0.2) is 125 Å². The Morgan fingerprint density at radius 3 is 2.32 bits per heavy atom. The van der Waals surface area contributed by atoms with E-state index in [1.54, 1.807) is 4.57 Å². The van der Waals surface area contributed by atoms with Crippen LogP contribution >= 0.6 is 27.4 Å². The van der Waals surface area contributed by atoms with E-state index in [0.29, 0.717) is 12.8 Å². The minimum absolute atomic E-state index is 0.0308. The minimum atomic E-state index is -4.65. The third-order valence-electron chi connectivity index (χ3n) is 7.86. The van der Waals surface area contributed by atoms with Gasteiger partial charge in [0, 0.05) is 24.8 Å². The molecule has 11 N–H and O–H groups in total. The lowest BCUT2D eigenvalue weighted by atomic mass is 10.1. The van der Waals surface area contributed by atoms with Crippen LogP contribution in [0.5, 0.6) is 0 Å². The summed E-state index contributed by atoms with van der Waals surface area (Å²) >= 11 is 1.18. The Hall–Kier alpha value is -3.42. The maximum Gasteiger partial charge on any atom is 0.472 e. The quantitative estimate of drug-likeness (QED) is 0.0527. The summed E-state index contributed by atoms with van der Waals surface area (Å²) in [6.07, 6.45) is -3.34. The number of nitrogens with one attached hydrogen (secondary N) is 3. The summed E-state index contributed by atoms with van der Waals surface area (Å²) in [6.45, 7) is 2.27. The van der Waals surface area contributed by atoms with Crippen molar-refractivity contribution in [1.82, 2.24) is 29.5 Å². The molecular weight excluding hydrogens is 770 g/mol. The van der Waals surface area contributed by atoms with E-state index in [4.69, 9.17) is 39.0 Å². The maximum absolute atomic E-state index is 12.4. The lowest BCUT2D eigenvalue weighted by Gasteiger charge is -2.29. The third kappa shape index (κ3) is 10.0. The summed E-state index contributed by atoms with van der Waals surface area (Å²) in [5.74, 6) is -0.00663. The zero-order valence-corrected chi connectivity index (χ0v) is 30.7. The number of nitrogens with two attached hydrogens (primary N) is 2. The number of aliphatic hydroxyl groups is 2. The predicted molar refractivity (Wildman–Crippen MR) is 189 cm³/mol. The Morgan fingerprint density at radius 2 is 1.66 bits per heavy atom. The molecule has 2 fully saturated rings. The lowest BCUT2D eigenvalue weighted by molar-refractivity contribution is -0.0220. The number of imidazole rings is 1. The van der Waals surface area contributed by atoms with E-state index in [9.17, 15) is 38.7 Å². The highest BCUT2D eigenvalue weighted by molar-refractivity contribution is 7.99. The number of H-pyrrole nitrogens is 2. The van der Waals surface area contributed by atoms with Crippen molar-refractivity contribution >= 4 is 62.0 Å². The number of aromatic amines is 2. The number of phosphoric acid groups is 2. The van der Waals surface area contributed by atoms with E-state index in [0.717, 1.165) is 4.90 Å². The van der Waals surface area contributed by atoms with Crippen molar-refractivity contribution in [3.8, 4) is 0 Å². The van der Waals surface area contributed by atoms with Gasteiger partial charge in [0.15, 0.2) is 23.2 Å². The number of nitrogen functional groups attached to an aromatic ring is 2. The van der Waals surface area contributed by atoms with Crippen LogP contribution in [0.15, 0.2) is 28.7 Å². The number of thioether (sulfide) groups is 1. The van der Waals surface area contributed by atoms with Gasteiger partial charge in [0.2, 0.25) is 11.9 Å². The zero-order valence-electron chi connectivity index (χ0n) is 28.0. The fraction of sp³-hybridized carbons (Fsp3) is 0.577. The average Bonchev–Trinajstić information content (AvgIpc) is 3.81. The van der Waals surface area contributed by atoms with E-state index in [1.807, 2.05) is 0 Å². The number of hydrogen-bond donors (Lipinski definition) is 9. The monoisotopic (exact) mass is 810 g/mol. The molecule has 2 aliphatic heterocycles. The van der Waals surface area contributed by atoms with Crippen LogP contribution in [0.1, 0.15) is 19.1 Å². The Morgan fingerprint density at radius 1 is 1.02 bits per heavy atom. The van der Waals surface area contributed by atoms with E-state index in [-0.39, 0.29) is 65.9 Å². The molecule has 0 radical (unpaired) electrons. The summed E-state index contributed by atoms with van der Waals surface area (Å²) in [5, 5.41) is 23.9. The first-order chi connectivity index (χ1) is 25.1. The Balaban J connectivity index is 0.978. The normalized spacial score (nSPS) is 25.3. The van der Waals surface area contributed by atoms with Crippen molar-refractivity contribution in [2.45, 2.75) is 49.7 Å². The van der Waals surface area contributed by atoms with Gasteiger partial charge < -0.3 is 51.2 Å². The highest BCUT2D eigenvalue weighted by atomic mass is 32.2. The zero-order chi connectivity index (χ0) is 38.5. The molecule has 0 aromatic carbocycles. The molecule has 0 saturated carbocycles. The Bertz CT molecular complexity index is 1970. The van der Waals surface area contributed by atoms with E-state index in [2.05, 4.69) is 36.8 Å². The van der Waals surface area contributed by atoms with Crippen LogP contribution in [0.3, 0.4) is 0 Å². The SMILES string of the molecule is C=CN(c1nc(N)[nH]c(=O)c1NC)[C@@H]1O[C@H](COP(=O)(O)OCCSCCOP(=O)(O)OC[C@@H]2CC[C@H](n3cnc4c(=O)[nH]c(N)nc43)O2)[C@@H](O)[C@H]1O. The third-order valence-corrected chi connectivity index (χ3v) is 10.7. The van der Waals surface area contributed by atoms with Gasteiger partial charge in [-0.1, -0.05) is 6.58 Å². The van der Waals surface area contributed by atoms with Gasteiger partial charge in [-0.2, -0.15) is 21.7 Å². The molecule has 2 saturated heterocycles. The van der Waals surface area contributed by atoms with Crippen LogP contribution in [0, 0.1) is 0 Å². The highest BCUT2D eigenvalue weighted by Crippen LogP contribution is 2.45. The predicted octanol–water partition coefficient (Wildman–Crippen LogP) is -0.816. The van der Waals surface area contributed by atoms with Gasteiger partial charge in [0.25, 0.3) is 11.1 Å². The topological polar surface area (TPSA) is 347 Å². The van der Waals surface area contributed by atoms with Crippen LogP contribution in [0.2, 0.25) is 0 Å². The number of aromatic nitrogens is 6. The minimum Gasteiger partial charge on any atom is -0.387 e. The number of aliphatic hydroxyl groups excluding tert-OH is 2. The summed E-state index contributed by atoms with van der Waals surface area (Å²) in [7, 11) is -7.63. The smallest absolute Gasteiger partial charge is 0.387 e. The summed E-state index contributed by atoms with van der Waals surface area (Å²) in [6, 6.07) is 0. The average molecular weight is 811 g/mol. The van der Waals surface area contributed by atoms with Gasteiger partial charge in [-0.15, -0.1) is 0 Å². The van der Waals surface area contributed by atoms with Gasteiger partial charge in [0.1, 0.15) is 30.2 Å². The molecule has 294 valence electrons. The van der Waals surface area contributed by atoms with Crippen LogP contribution < -0.4 is 32.8 Å². The molecule has 0 aliphatic carbocycles. The van der Waals surface area contributed by atoms with E-state index in [1.165, 1.54) is 31.3 Å². The molecule has 3 aromatic rings. The van der Waals surface area contributed by atoms with Crippen LogP contribution in [-0.2, 0) is 36.7 Å². The van der Waals surface area contributed by atoms with E-state index < -0.39 is 70.2 Å². The van der Waals surface area contributed by atoms with Crippen molar-refractivity contribution in [2.24, 2.45) is 0 Å². The van der Waals surface area contributed by atoms with Gasteiger partial charge in [-0.3, -0.25) is 42.2 Å². The molecular formula is C26H40N10O14P2S. The second kappa shape index (κ2) is 17.4. The standard InChI is InChI=1S/C26H40N10O14P2S/c1-3-35(20-16(29-2)22(39)33-25(27)31-20)24-19(38)18(37)14(50-24)11-48-52(43,44)46-7-9-53-8-6-45-51(41,42)47-10-13-4-5-15(49-13)36-12-30-17-21(36)32-26(28)34-23(17)40/h3,12-15,18-19,24,29,37-38H,1,4-11H2,2H3,(H,41,42)(H,43,44)(H3,27,31,33,39)(H3,28,32,34,40)/t13-,14+,15+,18+,19+,24+/m0/s1.